The Balaban J connectivity index is 1.57. The average molecular weight is 528 g/mol. The molecule has 5 aliphatic rings. The average Bonchev–Trinajstić information content (AvgIpc) is 3.42. The van der Waals surface area contributed by atoms with Crippen molar-refractivity contribution in [3.8, 4) is 5.75 Å². The lowest BCUT2D eigenvalue weighted by molar-refractivity contribution is -0.167. The minimum Gasteiger partial charge on any atom is -0.508 e. The zero-order valence-electron chi connectivity index (χ0n) is 21.1. The van der Waals surface area contributed by atoms with Crippen LogP contribution in [0.15, 0.2) is 23.0 Å². The van der Waals surface area contributed by atoms with Gasteiger partial charge < -0.3 is 26.2 Å². The van der Waals surface area contributed by atoms with Crippen LogP contribution in [0.1, 0.15) is 48.4 Å². The topological polar surface area (TPSA) is 165 Å². The summed E-state index contributed by atoms with van der Waals surface area (Å²) in [6, 6.07) is -0.101. The number of ketones is 2. The Hall–Kier alpha value is -3.28. The number of hydrogen-bond donors (Lipinski definition) is 5. The Morgan fingerprint density at radius 2 is 1.87 bits per heavy atom. The number of carbonyl (C=O) groups excluding carboxylic acids is 3. The van der Waals surface area contributed by atoms with Crippen molar-refractivity contribution in [2.75, 3.05) is 27.2 Å². The number of nitrogens with zero attached hydrogens (tertiary/aromatic N) is 2. The molecule has 3 aliphatic carbocycles. The predicted octanol–water partition coefficient (Wildman–Crippen LogP) is 1.01. The van der Waals surface area contributed by atoms with Crippen LogP contribution >= 0.6 is 0 Å². The molecule has 2 aliphatic heterocycles. The van der Waals surface area contributed by atoms with Crippen LogP contribution in [-0.4, -0.2) is 86.5 Å². The number of hydrogen-bond acceptors (Lipinski definition) is 9. The van der Waals surface area contributed by atoms with E-state index in [-0.39, 0.29) is 48.5 Å². The molecule has 202 valence electrons. The first-order chi connectivity index (χ1) is 17.9. The fraction of sp³-hybridized carbons (Fsp3) is 0.519. The van der Waals surface area contributed by atoms with Crippen LogP contribution in [0.25, 0.3) is 5.76 Å². The molecule has 6 rings (SSSR count). The van der Waals surface area contributed by atoms with Crippen LogP contribution in [0.5, 0.6) is 5.75 Å². The molecule has 0 radical (unpaired) electrons. The standard InChI is InChI=1S/C27H30FN3O7/c1-30-6-3-4-14(30)12-9-15(32)17-13(19(12)28)8-11-10-26-5-7-31(2)22(26)21(34)18(25(29)37)24(36)27(26,38)23(35)16(11)20(17)33/h9,11,14,22,32-33,36,38H,3-8,10H2,1-2H3,(H2,29,37)/t11-,14?,22+,26-,27-/m0/s1. The summed E-state index contributed by atoms with van der Waals surface area (Å²) in [6.07, 6.45) is 1.62. The Morgan fingerprint density at radius 3 is 2.50 bits per heavy atom. The van der Waals surface area contributed by atoms with Crippen molar-refractivity contribution >= 4 is 23.2 Å². The number of Topliss-reactive ketones (excluding diaryl/α,β-unsaturated/α-hetero) is 2. The molecule has 38 heavy (non-hydrogen) atoms. The molecular weight excluding hydrogens is 497 g/mol. The van der Waals surface area contributed by atoms with Gasteiger partial charge in [0.15, 0.2) is 11.4 Å². The molecule has 0 bridgehead atoms. The Bertz CT molecular complexity index is 1400. The third-order valence-corrected chi connectivity index (χ3v) is 9.70. The quantitative estimate of drug-likeness (QED) is 0.353. The first-order valence-electron chi connectivity index (χ1n) is 12.8. The first-order valence-corrected chi connectivity index (χ1v) is 12.8. The van der Waals surface area contributed by atoms with Gasteiger partial charge in [-0.1, -0.05) is 0 Å². The summed E-state index contributed by atoms with van der Waals surface area (Å²) in [4.78, 5) is 43.2. The molecule has 2 heterocycles. The number of phenols is 1. The van der Waals surface area contributed by atoms with Gasteiger partial charge in [0, 0.05) is 28.2 Å². The highest BCUT2D eigenvalue weighted by atomic mass is 19.1. The second kappa shape index (κ2) is 7.87. The maximum atomic E-state index is 16.0. The molecule has 11 heteroatoms. The number of carbonyl (C=O) groups is 3. The Morgan fingerprint density at radius 1 is 1.16 bits per heavy atom. The number of likely N-dealkylation sites (N-methyl/N-ethyl adjacent to an activating group) is 1. The van der Waals surface area contributed by atoms with E-state index in [4.69, 9.17) is 5.73 Å². The van der Waals surface area contributed by atoms with Crippen LogP contribution in [0.3, 0.4) is 0 Å². The number of aromatic hydroxyl groups is 1. The zero-order valence-corrected chi connectivity index (χ0v) is 21.1. The summed E-state index contributed by atoms with van der Waals surface area (Å²) >= 11 is 0. The lowest BCUT2D eigenvalue weighted by Crippen LogP contribution is -2.70. The van der Waals surface area contributed by atoms with Gasteiger partial charge in [-0.15, -0.1) is 0 Å². The molecule has 0 aromatic heterocycles. The number of amides is 1. The monoisotopic (exact) mass is 527 g/mol. The fourth-order valence-corrected chi connectivity index (χ4v) is 8.00. The second-order valence-electron chi connectivity index (χ2n) is 11.4. The number of likely N-dealkylation sites (tertiary alicyclic amines) is 2. The minimum absolute atomic E-state index is 0.0430. The van der Waals surface area contributed by atoms with Crippen LogP contribution in [0.2, 0.25) is 0 Å². The molecule has 1 amide bonds. The lowest BCUT2D eigenvalue weighted by atomic mass is 9.49. The number of aliphatic hydroxyl groups excluding tert-OH is 2. The zero-order chi connectivity index (χ0) is 27.5. The van der Waals surface area contributed by atoms with Gasteiger partial charge >= 0.3 is 0 Å². The molecule has 1 saturated carbocycles. The largest absolute Gasteiger partial charge is 0.508 e. The van der Waals surface area contributed by atoms with Crippen molar-refractivity contribution in [2.45, 2.75) is 49.8 Å². The molecule has 6 N–H and O–H groups in total. The summed E-state index contributed by atoms with van der Waals surface area (Å²) in [5.41, 5.74) is 0.188. The van der Waals surface area contributed by atoms with E-state index in [1.54, 1.807) is 11.9 Å². The smallest absolute Gasteiger partial charge is 0.255 e. The SMILES string of the molecule is CN1CCCC1c1cc(O)c2c(c1F)C[C@H]1C[C@@]34CCN(C)[C@@H]3C(=O)C(C(N)=O)=C(O)[C@@]4(O)C(=O)C1=C2O. The van der Waals surface area contributed by atoms with E-state index in [0.717, 1.165) is 13.0 Å². The van der Waals surface area contributed by atoms with Crippen molar-refractivity contribution < 1.29 is 39.2 Å². The van der Waals surface area contributed by atoms with Gasteiger partial charge in [-0.2, -0.15) is 0 Å². The highest BCUT2D eigenvalue weighted by molar-refractivity contribution is 6.25. The minimum atomic E-state index is -2.71. The van der Waals surface area contributed by atoms with E-state index >= 15 is 4.39 Å². The molecular formula is C27H30FN3O7. The number of aliphatic hydroxyl groups is 3. The van der Waals surface area contributed by atoms with E-state index in [9.17, 15) is 34.8 Å². The van der Waals surface area contributed by atoms with E-state index < -0.39 is 69.1 Å². The van der Waals surface area contributed by atoms with Crippen LogP contribution in [0, 0.1) is 17.2 Å². The third-order valence-electron chi connectivity index (χ3n) is 9.70. The van der Waals surface area contributed by atoms with Crippen molar-refractivity contribution in [1.82, 2.24) is 9.80 Å². The number of primary amides is 1. The summed E-state index contributed by atoms with van der Waals surface area (Å²) in [6.45, 7) is 1.07. The fourth-order valence-electron chi connectivity index (χ4n) is 8.00. The van der Waals surface area contributed by atoms with Crippen molar-refractivity contribution in [3.05, 3.63) is 45.5 Å². The molecule has 1 aromatic carbocycles. The first kappa shape index (κ1) is 25.0. The molecule has 1 spiro atoms. The van der Waals surface area contributed by atoms with Gasteiger partial charge in [0.05, 0.1) is 11.6 Å². The van der Waals surface area contributed by atoms with Crippen LogP contribution < -0.4 is 5.73 Å². The van der Waals surface area contributed by atoms with Crippen molar-refractivity contribution in [2.24, 2.45) is 17.1 Å². The lowest BCUT2D eigenvalue weighted by Gasteiger charge is -2.55. The van der Waals surface area contributed by atoms with Crippen LogP contribution in [0.4, 0.5) is 4.39 Å². The second-order valence-corrected chi connectivity index (χ2v) is 11.4. The summed E-state index contributed by atoms with van der Waals surface area (Å²) in [5, 5.41) is 45.2. The van der Waals surface area contributed by atoms with Gasteiger partial charge in [0.25, 0.3) is 5.91 Å². The van der Waals surface area contributed by atoms with Gasteiger partial charge in [-0.25, -0.2) is 4.39 Å². The number of benzene rings is 1. The number of phenolic OH excluding ortho intramolecular Hbond substituents is 1. The van der Waals surface area contributed by atoms with E-state index in [1.165, 1.54) is 6.07 Å². The van der Waals surface area contributed by atoms with Gasteiger partial charge in [-0.3, -0.25) is 24.2 Å². The third kappa shape index (κ3) is 2.79. The molecule has 5 atom stereocenters. The molecule has 1 aromatic rings. The molecule has 1 unspecified atom stereocenters. The molecule has 3 fully saturated rings. The summed E-state index contributed by atoms with van der Waals surface area (Å²) in [5.74, 6) is -6.70. The Kier molecular flexibility index (Phi) is 5.18. The number of rotatable bonds is 2. The molecule has 10 nitrogen and oxygen atoms in total. The molecule has 2 saturated heterocycles. The van der Waals surface area contributed by atoms with Crippen molar-refractivity contribution in [1.29, 1.82) is 0 Å². The van der Waals surface area contributed by atoms with Gasteiger partial charge in [0.2, 0.25) is 5.78 Å². The maximum absolute atomic E-state index is 16.0. The maximum Gasteiger partial charge on any atom is 0.255 e. The number of nitrogens with two attached hydrogens (primary N) is 1. The van der Waals surface area contributed by atoms with Crippen LogP contribution in [-0.2, 0) is 20.8 Å². The van der Waals surface area contributed by atoms with E-state index in [2.05, 4.69) is 0 Å². The van der Waals surface area contributed by atoms with E-state index in [0.29, 0.717) is 12.0 Å². The van der Waals surface area contributed by atoms with Gasteiger partial charge in [-0.05, 0) is 71.3 Å². The summed E-state index contributed by atoms with van der Waals surface area (Å²) in [7, 11) is 3.49. The van der Waals surface area contributed by atoms with Gasteiger partial charge in [0.1, 0.15) is 28.7 Å². The summed E-state index contributed by atoms with van der Waals surface area (Å²) < 4.78 is 16.0. The number of halogens is 1. The Labute approximate surface area is 217 Å². The highest BCUT2D eigenvalue weighted by Gasteiger charge is 2.74. The highest BCUT2D eigenvalue weighted by Crippen LogP contribution is 2.62. The number of fused-ring (bicyclic) bond motifs is 2. The van der Waals surface area contributed by atoms with Crippen molar-refractivity contribution in [3.63, 3.8) is 0 Å². The normalized spacial score (nSPS) is 35.3. The predicted molar refractivity (Wildman–Crippen MR) is 131 cm³/mol. The van der Waals surface area contributed by atoms with E-state index in [1.807, 2.05) is 11.9 Å².